The third-order valence-electron chi connectivity index (χ3n) is 4.50. The molecule has 1 N–H and O–H groups in total. The molecule has 140 valence electrons. The number of nitrogens with zero attached hydrogens (tertiary/aromatic N) is 1. The molecule has 0 bridgehead atoms. The SMILES string of the molecule is COCc1ccccc1NC(=O)CCCN1C(=O)c2ccc(C)cc2C1=O. The number of rotatable bonds is 7. The first-order valence-electron chi connectivity index (χ1n) is 8.85. The molecule has 1 aliphatic rings. The number of hydrogen-bond donors (Lipinski definition) is 1. The molecule has 0 aromatic heterocycles. The highest BCUT2D eigenvalue weighted by atomic mass is 16.5. The summed E-state index contributed by atoms with van der Waals surface area (Å²) in [6.45, 7) is 2.51. The van der Waals surface area contributed by atoms with Crippen molar-refractivity contribution in [2.75, 3.05) is 19.0 Å². The Balaban J connectivity index is 1.55. The van der Waals surface area contributed by atoms with Gasteiger partial charge in [0.15, 0.2) is 0 Å². The van der Waals surface area contributed by atoms with Crippen LogP contribution in [0.3, 0.4) is 0 Å². The Kier molecular flexibility index (Phi) is 5.66. The van der Waals surface area contributed by atoms with Crippen LogP contribution in [0.1, 0.15) is 44.7 Å². The minimum atomic E-state index is -0.291. The van der Waals surface area contributed by atoms with Gasteiger partial charge in [-0.05, 0) is 31.5 Å². The molecule has 0 atom stereocenters. The Hall–Kier alpha value is -2.99. The van der Waals surface area contributed by atoms with E-state index >= 15 is 0 Å². The van der Waals surface area contributed by atoms with Gasteiger partial charge in [-0.3, -0.25) is 19.3 Å². The average Bonchev–Trinajstić information content (AvgIpc) is 2.88. The van der Waals surface area contributed by atoms with Crippen LogP contribution in [0.25, 0.3) is 0 Å². The lowest BCUT2D eigenvalue weighted by molar-refractivity contribution is -0.116. The van der Waals surface area contributed by atoms with Crippen molar-refractivity contribution in [1.82, 2.24) is 4.90 Å². The summed E-state index contributed by atoms with van der Waals surface area (Å²) in [5, 5.41) is 2.86. The summed E-state index contributed by atoms with van der Waals surface area (Å²) in [6.07, 6.45) is 0.622. The maximum absolute atomic E-state index is 12.4. The molecule has 6 nitrogen and oxygen atoms in total. The molecular formula is C21H22N2O4. The molecule has 2 aromatic rings. The van der Waals surface area contributed by atoms with Gasteiger partial charge >= 0.3 is 0 Å². The topological polar surface area (TPSA) is 75.7 Å². The molecule has 27 heavy (non-hydrogen) atoms. The quantitative estimate of drug-likeness (QED) is 0.764. The lowest BCUT2D eigenvalue weighted by atomic mass is 10.1. The van der Waals surface area contributed by atoms with E-state index < -0.39 is 0 Å². The lowest BCUT2D eigenvalue weighted by Crippen LogP contribution is -2.31. The number of methoxy groups -OCH3 is 1. The smallest absolute Gasteiger partial charge is 0.261 e. The summed E-state index contributed by atoms with van der Waals surface area (Å²) in [5.41, 5.74) is 3.41. The second-order valence-corrected chi connectivity index (χ2v) is 6.55. The van der Waals surface area contributed by atoms with E-state index in [1.807, 2.05) is 37.3 Å². The van der Waals surface area contributed by atoms with Crippen molar-refractivity contribution >= 4 is 23.4 Å². The monoisotopic (exact) mass is 366 g/mol. The van der Waals surface area contributed by atoms with Crippen molar-refractivity contribution in [2.24, 2.45) is 0 Å². The number of nitrogens with one attached hydrogen (secondary N) is 1. The number of carbonyl (C=O) groups is 3. The van der Waals surface area contributed by atoms with Crippen LogP contribution in [0.4, 0.5) is 5.69 Å². The summed E-state index contributed by atoms with van der Waals surface area (Å²) >= 11 is 0. The van der Waals surface area contributed by atoms with Gasteiger partial charge in [0.2, 0.25) is 5.91 Å². The summed E-state index contributed by atoms with van der Waals surface area (Å²) in [6, 6.07) is 12.7. The number of amides is 3. The fourth-order valence-corrected chi connectivity index (χ4v) is 3.14. The molecule has 1 aliphatic heterocycles. The van der Waals surface area contributed by atoms with Crippen molar-refractivity contribution in [1.29, 1.82) is 0 Å². The highest BCUT2D eigenvalue weighted by Crippen LogP contribution is 2.24. The van der Waals surface area contributed by atoms with Gasteiger partial charge in [0.05, 0.1) is 17.7 Å². The predicted octanol–water partition coefficient (Wildman–Crippen LogP) is 3.16. The van der Waals surface area contributed by atoms with Gasteiger partial charge in [-0.1, -0.05) is 29.8 Å². The highest BCUT2D eigenvalue weighted by molar-refractivity contribution is 6.21. The largest absolute Gasteiger partial charge is 0.380 e. The third-order valence-corrected chi connectivity index (χ3v) is 4.50. The molecule has 2 aromatic carbocycles. The van der Waals surface area contributed by atoms with Gasteiger partial charge in [0.25, 0.3) is 11.8 Å². The number of hydrogen-bond acceptors (Lipinski definition) is 4. The van der Waals surface area contributed by atoms with E-state index in [9.17, 15) is 14.4 Å². The van der Waals surface area contributed by atoms with E-state index in [0.29, 0.717) is 29.8 Å². The zero-order chi connectivity index (χ0) is 19.4. The number of carbonyl (C=O) groups excluding carboxylic acids is 3. The first-order valence-corrected chi connectivity index (χ1v) is 8.85. The van der Waals surface area contributed by atoms with Crippen molar-refractivity contribution < 1.29 is 19.1 Å². The van der Waals surface area contributed by atoms with Crippen molar-refractivity contribution in [2.45, 2.75) is 26.4 Å². The van der Waals surface area contributed by atoms with E-state index in [0.717, 1.165) is 11.1 Å². The highest BCUT2D eigenvalue weighted by Gasteiger charge is 2.34. The zero-order valence-corrected chi connectivity index (χ0v) is 15.5. The molecule has 0 radical (unpaired) electrons. The molecule has 3 rings (SSSR count). The minimum Gasteiger partial charge on any atom is -0.380 e. The van der Waals surface area contributed by atoms with Gasteiger partial charge in [-0.25, -0.2) is 0 Å². The number of fused-ring (bicyclic) bond motifs is 1. The van der Waals surface area contributed by atoms with Crippen LogP contribution >= 0.6 is 0 Å². The number of benzene rings is 2. The Morgan fingerprint density at radius 2 is 1.81 bits per heavy atom. The summed E-state index contributed by atoms with van der Waals surface area (Å²) in [7, 11) is 1.60. The van der Waals surface area contributed by atoms with Crippen LogP contribution in [-0.4, -0.2) is 36.3 Å². The number of ether oxygens (including phenoxy) is 1. The molecule has 3 amide bonds. The molecular weight excluding hydrogens is 344 g/mol. The molecule has 0 spiro atoms. The Morgan fingerprint density at radius 1 is 1.07 bits per heavy atom. The van der Waals surface area contributed by atoms with Crippen LogP contribution in [0.15, 0.2) is 42.5 Å². The fraction of sp³-hybridized carbons (Fsp3) is 0.286. The van der Waals surface area contributed by atoms with E-state index in [-0.39, 0.29) is 30.7 Å². The maximum atomic E-state index is 12.4. The molecule has 1 heterocycles. The van der Waals surface area contributed by atoms with Gasteiger partial charge in [-0.15, -0.1) is 0 Å². The Labute approximate surface area is 158 Å². The first kappa shape index (κ1) is 18.8. The standard InChI is InChI=1S/C21H22N2O4/c1-14-9-10-16-17(12-14)21(26)23(20(16)25)11-5-8-19(24)22-18-7-4-3-6-15(18)13-27-2/h3-4,6-7,9-10,12H,5,8,11,13H2,1-2H3,(H,22,24). The Morgan fingerprint density at radius 3 is 2.59 bits per heavy atom. The molecule has 0 saturated carbocycles. The van der Waals surface area contributed by atoms with Gasteiger partial charge in [-0.2, -0.15) is 0 Å². The predicted molar refractivity (Wildman–Crippen MR) is 102 cm³/mol. The third kappa shape index (κ3) is 4.06. The number of para-hydroxylation sites is 1. The van der Waals surface area contributed by atoms with Gasteiger partial charge in [0, 0.05) is 31.3 Å². The summed E-state index contributed by atoms with van der Waals surface area (Å²) in [4.78, 5) is 38.3. The van der Waals surface area contributed by atoms with Crippen molar-refractivity contribution in [3.05, 3.63) is 64.7 Å². The molecule has 6 heteroatoms. The van der Waals surface area contributed by atoms with Crippen molar-refractivity contribution in [3.8, 4) is 0 Å². The molecule has 0 aliphatic carbocycles. The lowest BCUT2D eigenvalue weighted by Gasteiger charge is -2.14. The van der Waals surface area contributed by atoms with Crippen LogP contribution < -0.4 is 5.32 Å². The number of anilines is 1. The Bertz CT molecular complexity index is 892. The zero-order valence-electron chi connectivity index (χ0n) is 15.5. The van der Waals surface area contributed by atoms with E-state index in [2.05, 4.69) is 5.32 Å². The number of imide groups is 1. The van der Waals surface area contributed by atoms with Gasteiger partial charge < -0.3 is 10.1 Å². The van der Waals surface area contributed by atoms with Crippen LogP contribution in [0.5, 0.6) is 0 Å². The minimum absolute atomic E-state index is 0.161. The first-order chi connectivity index (χ1) is 13.0. The van der Waals surface area contributed by atoms with Crippen LogP contribution in [0.2, 0.25) is 0 Å². The summed E-state index contributed by atoms with van der Waals surface area (Å²) < 4.78 is 5.13. The second kappa shape index (κ2) is 8.14. The fourth-order valence-electron chi connectivity index (χ4n) is 3.14. The molecule has 0 fully saturated rings. The van der Waals surface area contributed by atoms with E-state index in [1.54, 1.807) is 19.2 Å². The van der Waals surface area contributed by atoms with Gasteiger partial charge in [0.1, 0.15) is 0 Å². The normalized spacial score (nSPS) is 13.0. The van der Waals surface area contributed by atoms with Crippen LogP contribution in [-0.2, 0) is 16.1 Å². The number of aryl methyl sites for hydroxylation is 1. The molecule has 0 saturated heterocycles. The summed E-state index contributed by atoms with van der Waals surface area (Å²) in [5.74, 6) is -0.739. The second-order valence-electron chi connectivity index (χ2n) is 6.55. The average molecular weight is 366 g/mol. The van der Waals surface area contributed by atoms with E-state index in [1.165, 1.54) is 4.90 Å². The molecule has 0 unspecified atom stereocenters. The maximum Gasteiger partial charge on any atom is 0.261 e. The van der Waals surface area contributed by atoms with Crippen molar-refractivity contribution in [3.63, 3.8) is 0 Å². The van der Waals surface area contributed by atoms with Crippen LogP contribution in [0, 0.1) is 6.92 Å². The van der Waals surface area contributed by atoms with E-state index in [4.69, 9.17) is 4.74 Å².